The molecule has 0 atom stereocenters. The summed E-state index contributed by atoms with van der Waals surface area (Å²) in [5, 5.41) is 2.19. The number of carbonyl (C=O) groups excluding carboxylic acids is 1. The molecule has 1 rings (SSSR count). The van der Waals surface area contributed by atoms with Crippen molar-refractivity contribution in [1.82, 2.24) is 0 Å². The minimum Gasteiger partial charge on any atom is -0.489 e. The molecule has 0 saturated heterocycles. The molecule has 1 amide bonds. The molecule has 0 bridgehead atoms. The predicted molar refractivity (Wildman–Crippen MR) is 56.9 cm³/mol. The number of hydrogen-bond acceptors (Lipinski definition) is 2. The molecule has 94 valence electrons. The number of ether oxygens (including phenoxy) is 1. The van der Waals surface area contributed by atoms with E-state index in [0.717, 1.165) is 12.1 Å². The Morgan fingerprint density at radius 2 is 2.00 bits per heavy atom. The first-order valence-electron chi connectivity index (χ1n) is 4.92. The Bertz CT molecular complexity index is 402. The monoisotopic (exact) mass is 247 g/mol. The molecule has 17 heavy (non-hydrogen) atoms. The van der Waals surface area contributed by atoms with Crippen LogP contribution in [0.2, 0.25) is 0 Å². The van der Waals surface area contributed by atoms with E-state index < -0.39 is 11.7 Å². The van der Waals surface area contributed by atoms with Gasteiger partial charge >= 0.3 is 6.18 Å². The molecule has 1 aromatic carbocycles. The van der Waals surface area contributed by atoms with Crippen molar-refractivity contribution < 1.29 is 22.7 Å². The van der Waals surface area contributed by atoms with Crippen LogP contribution in [-0.2, 0) is 11.0 Å². The molecule has 3 nitrogen and oxygen atoms in total. The van der Waals surface area contributed by atoms with Crippen molar-refractivity contribution in [2.24, 2.45) is 0 Å². The minimum atomic E-state index is -4.45. The van der Waals surface area contributed by atoms with Gasteiger partial charge in [-0.3, -0.25) is 4.79 Å². The van der Waals surface area contributed by atoms with Crippen molar-refractivity contribution >= 4 is 12.1 Å². The Morgan fingerprint density at radius 3 is 2.47 bits per heavy atom. The lowest BCUT2D eigenvalue weighted by Crippen LogP contribution is -2.10. The van der Waals surface area contributed by atoms with E-state index in [1.807, 2.05) is 0 Å². The van der Waals surface area contributed by atoms with Crippen LogP contribution in [0.5, 0.6) is 5.75 Å². The highest BCUT2D eigenvalue weighted by Crippen LogP contribution is 2.35. The first-order chi connectivity index (χ1) is 7.84. The summed E-state index contributed by atoms with van der Waals surface area (Å²) in [4.78, 5) is 10.3. The summed E-state index contributed by atoms with van der Waals surface area (Å²) < 4.78 is 42.6. The van der Waals surface area contributed by atoms with Crippen molar-refractivity contribution in [3.8, 4) is 5.75 Å². The van der Waals surface area contributed by atoms with Gasteiger partial charge < -0.3 is 10.1 Å². The molecule has 0 aliphatic carbocycles. The zero-order chi connectivity index (χ0) is 13.1. The van der Waals surface area contributed by atoms with Crippen LogP contribution in [0, 0.1) is 0 Å². The lowest BCUT2D eigenvalue weighted by Gasteiger charge is -2.15. The first-order valence-corrected chi connectivity index (χ1v) is 4.92. The molecule has 0 saturated carbocycles. The number of hydrogen-bond donors (Lipinski definition) is 1. The Morgan fingerprint density at radius 1 is 1.35 bits per heavy atom. The van der Waals surface area contributed by atoms with Crippen molar-refractivity contribution in [1.29, 1.82) is 0 Å². The van der Waals surface area contributed by atoms with E-state index >= 15 is 0 Å². The average molecular weight is 247 g/mol. The van der Waals surface area contributed by atoms with E-state index in [-0.39, 0.29) is 17.5 Å². The molecule has 0 fully saturated rings. The van der Waals surface area contributed by atoms with Gasteiger partial charge in [-0.15, -0.1) is 0 Å². The molecule has 0 aliphatic heterocycles. The zero-order valence-corrected chi connectivity index (χ0v) is 9.34. The van der Waals surface area contributed by atoms with Gasteiger partial charge in [0.2, 0.25) is 6.41 Å². The smallest absolute Gasteiger partial charge is 0.416 e. The van der Waals surface area contributed by atoms with E-state index in [4.69, 9.17) is 4.74 Å². The van der Waals surface area contributed by atoms with Crippen LogP contribution in [0.4, 0.5) is 18.9 Å². The maximum Gasteiger partial charge on any atom is 0.416 e. The molecule has 0 heterocycles. The molecule has 0 radical (unpaired) electrons. The summed E-state index contributed by atoms with van der Waals surface area (Å²) in [6.07, 6.45) is -4.34. The number of alkyl halides is 3. The van der Waals surface area contributed by atoms with E-state index in [1.54, 1.807) is 13.8 Å². The molecule has 0 aromatic heterocycles. The van der Waals surface area contributed by atoms with Gasteiger partial charge in [0.1, 0.15) is 5.75 Å². The van der Waals surface area contributed by atoms with Gasteiger partial charge in [0.25, 0.3) is 0 Å². The first kappa shape index (κ1) is 13.3. The highest BCUT2D eigenvalue weighted by atomic mass is 19.4. The fraction of sp³-hybridized carbons (Fsp3) is 0.364. The quantitative estimate of drug-likeness (QED) is 0.830. The molecule has 1 N–H and O–H groups in total. The minimum absolute atomic E-state index is 0.00326. The third-order valence-electron chi connectivity index (χ3n) is 1.88. The number of nitrogens with one attached hydrogen (secondary N) is 1. The third-order valence-corrected chi connectivity index (χ3v) is 1.88. The second-order valence-electron chi connectivity index (χ2n) is 3.64. The fourth-order valence-electron chi connectivity index (χ4n) is 1.24. The molecule has 0 spiro atoms. The maximum atomic E-state index is 12.4. The van der Waals surface area contributed by atoms with E-state index in [1.165, 1.54) is 6.07 Å². The normalized spacial score (nSPS) is 11.4. The van der Waals surface area contributed by atoms with Crippen LogP contribution >= 0.6 is 0 Å². The predicted octanol–water partition coefficient (Wildman–Crippen LogP) is 3.06. The van der Waals surface area contributed by atoms with Gasteiger partial charge in [0.15, 0.2) is 0 Å². The summed E-state index contributed by atoms with van der Waals surface area (Å²) >= 11 is 0. The Balaban J connectivity index is 3.12. The largest absolute Gasteiger partial charge is 0.489 e. The zero-order valence-electron chi connectivity index (χ0n) is 9.34. The van der Waals surface area contributed by atoms with Gasteiger partial charge in [-0.1, -0.05) is 0 Å². The number of amides is 1. The number of benzene rings is 1. The van der Waals surface area contributed by atoms with Crippen LogP contribution in [0.15, 0.2) is 18.2 Å². The maximum absolute atomic E-state index is 12.4. The lowest BCUT2D eigenvalue weighted by molar-refractivity contribution is -0.137. The summed E-state index contributed by atoms with van der Waals surface area (Å²) in [5.74, 6) is 0.208. The van der Waals surface area contributed by atoms with Gasteiger partial charge in [0, 0.05) is 0 Å². The van der Waals surface area contributed by atoms with Crippen LogP contribution < -0.4 is 10.1 Å². The number of halogens is 3. The van der Waals surface area contributed by atoms with E-state index in [0.29, 0.717) is 6.41 Å². The van der Waals surface area contributed by atoms with Crippen LogP contribution in [0.3, 0.4) is 0 Å². The summed E-state index contributed by atoms with van der Waals surface area (Å²) in [7, 11) is 0. The van der Waals surface area contributed by atoms with Crippen LogP contribution in [0.1, 0.15) is 19.4 Å². The number of anilines is 1. The van der Waals surface area contributed by atoms with Gasteiger partial charge in [-0.2, -0.15) is 13.2 Å². The molecule has 6 heteroatoms. The highest BCUT2D eigenvalue weighted by Gasteiger charge is 2.31. The van der Waals surface area contributed by atoms with Crippen molar-refractivity contribution in [3.63, 3.8) is 0 Å². The summed E-state index contributed by atoms with van der Waals surface area (Å²) in [6, 6.07) is 2.94. The Kier molecular flexibility index (Phi) is 3.98. The Hall–Kier alpha value is -1.72. The second-order valence-corrected chi connectivity index (χ2v) is 3.64. The van der Waals surface area contributed by atoms with Crippen molar-refractivity contribution in [2.45, 2.75) is 26.1 Å². The number of rotatable bonds is 4. The van der Waals surface area contributed by atoms with Crippen molar-refractivity contribution in [2.75, 3.05) is 5.32 Å². The SMILES string of the molecule is CC(C)Oc1ccc(C(F)(F)F)cc1NC=O. The van der Waals surface area contributed by atoms with Gasteiger partial charge in [0.05, 0.1) is 17.4 Å². The van der Waals surface area contributed by atoms with Gasteiger partial charge in [-0.05, 0) is 32.0 Å². The Labute approximate surface area is 96.6 Å². The standard InChI is InChI=1S/C11H12F3NO2/c1-7(2)17-10-4-3-8(11(12,13)14)5-9(10)15-6-16/h3-7H,1-2H3,(H,15,16). The fourth-order valence-corrected chi connectivity index (χ4v) is 1.24. The second kappa shape index (κ2) is 5.07. The van der Waals surface area contributed by atoms with Crippen LogP contribution in [-0.4, -0.2) is 12.5 Å². The third kappa shape index (κ3) is 3.65. The molecular weight excluding hydrogens is 235 g/mol. The molecule has 1 aromatic rings. The van der Waals surface area contributed by atoms with Gasteiger partial charge in [-0.25, -0.2) is 0 Å². The van der Waals surface area contributed by atoms with E-state index in [9.17, 15) is 18.0 Å². The van der Waals surface area contributed by atoms with Crippen molar-refractivity contribution in [3.05, 3.63) is 23.8 Å². The van der Waals surface area contributed by atoms with E-state index in [2.05, 4.69) is 5.32 Å². The molecular formula is C11H12F3NO2. The van der Waals surface area contributed by atoms with Crippen LogP contribution in [0.25, 0.3) is 0 Å². The highest BCUT2D eigenvalue weighted by molar-refractivity contribution is 5.76. The molecule has 0 aliphatic rings. The topological polar surface area (TPSA) is 38.3 Å². The lowest BCUT2D eigenvalue weighted by atomic mass is 10.2. The number of carbonyl (C=O) groups is 1. The molecule has 0 unspecified atom stereocenters. The average Bonchev–Trinajstić information content (AvgIpc) is 2.18. The summed E-state index contributed by atoms with van der Waals surface area (Å²) in [6.45, 7) is 3.48. The summed E-state index contributed by atoms with van der Waals surface area (Å²) in [5.41, 5.74) is -0.832.